The van der Waals surface area contributed by atoms with Crippen LogP contribution in [-0.2, 0) is 4.74 Å². The third kappa shape index (κ3) is 3.95. The molecule has 3 rings (SSSR count). The quantitative estimate of drug-likeness (QED) is 0.721. The zero-order chi connectivity index (χ0) is 16.8. The molecule has 2 aromatic rings. The summed E-state index contributed by atoms with van der Waals surface area (Å²) >= 11 is 1.63. The summed E-state index contributed by atoms with van der Waals surface area (Å²) < 4.78 is 16.7. The Hall–Kier alpha value is -1.89. The number of aldehydes is 1. The average molecular weight is 347 g/mol. The molecular weight excluding hydrogens is 326 g/mol. The predicted octanol–water partition coefficient (Wildman–Crippen LogP) is 2.95. The van der Waals surface area contributed by atoms with Crippen molar-refractivity contribution in [1.82, 2.24) is 4.90 Å². The van der Waals surface area contributed by atoms with Gasteiger partial charge in [0.2, 0.25) is 0 Å². The van der Waals surface area contributed by atoms with Gasteiger partial charge < -0.3 is 14.2 Å². The lowest BCUT2D eigenvalue weighted by molar-refractivity contribution is 0.0321. The van der Waals surface area contributed by atoms with Crippen LogP contribution in [0.15, 0.2) is 29.6 Å². The molecule has 0 radical (unpaired) electrons. The molecule has 5 nitrogen and oxygen atoms in total. The maximum absolute atomic E-state index is 11.5. The maximum atomic E-state index is 11.5. The average Bonchev–Trinajstić information content (AvgIpc) is 3.17. The van der Waals surface area contributed by atoms with Gasteiger partial charge in [0.1, 0.15) is 6.61 Å². The van der Waals surface area contributed by atoms with Crippen molar-refractivity contribution in [3.05, 3.63) is 35.2 Å². The Balaban J connectivity index is 1.74. The lowest BCUT2D eigenvalue weighted by Gasteiger charge is -2.26. The van der Waals surface area contributed by atoms with Crippen LogP contribution in [0.1, 0.15) is 10.4 Å². The number of benzene rings is 1. The molecule has 2 heterocycles. The highest BCUT2D eigenvalue weighted by molar-refractivity contribution is 7.13. The zero-order valence-electron chi connectivity index (χ0n) is 13.7. The fourth-order valence-corrected chi connectivity index (χ4v) is 3.42. The number of hydrogen-bond acceptors (Lipinski definition) is 6. The maximum Gasteiger partial charge on any atom is 0.171 e. The number of nitrogens with zero attached hydrogens (tertiary/aromatic N) is 1. The Morgan fingerprint density at radius 3 is 2.83 bits per heavy atom. The van der Waals surface area contributed by atoms with Crippen molar-refractivity contribution < 1.29 is 19.0 Å². The molecule has 0 saturated carbocycles. The Labute approximate surface area is 145 Å². The summed E-state index contributed by atoms with van der Waals surface area (Å²) in [6.07, 6.45) is 0.823. The van der Waals surface area contributed by atoms with E-state index in [9.17, 15) is 4.79 Å². The second kappa shape index (κ2) is 8.28. The van der Waals surface area contributed by atoms with E-state index in [1.54, 1.807) is 18.4 Å². The van der Waals surface area contributed by atoms with Crippen LogP contribution in [0.4, 0.5) is 0 Å². The van der Waals surface area contributed by atoms with Crippen LogP contribution in [0.5, 0.6) is 11.5 Å². The number of morpholine rings is 1. The molecule has 24 heavy (non-hydrogen) atoms. The summed E-state index contributed by atoms with van der Waals surface area (Å²) in [5.41, 5.74) is 1.48. The van der Waals surface area contributed by atoms with E-state index in [-0.39, 0.29) is 0 Å². The molecule has 0 aliphatic carbocycles. The molecule has 1 aliphatic heterocycles. The van der Waals surface area contributed by atoms with Gasteiger partial charge in [-0.2, -0.15) is 0 Å². The van der Waals surface area contributed by atoms with Crippen LogP contribution < -0.4 is 9.47 Å². The number of rotatable bonds is 7. The van der Waals surface area contributed by atoms with Gasteiger partial charge >= 0.3 is 0 Å². The summed E-state index contributed by atoms with van der Waals surface area (Å²) in [7, 11) is 1.59. The van der Waals surface area contributed by atoms with Crippen molar-refractivity contribution in [2.24, 2.45) is 0 Å². The van der Waals surface area contributed by atoms with Crippen molar-refractivity contribution in [2.45, 2.75) is 0 Å². The lowest BCUT2D eigenvalue weighted by Crippen LogP contribution is -2.38. The lowest BCUT2D eigenvalue weighted by atomic mass is 10.1. The molecule has 0 amide bonds. The van der Waals surface area contributed by atoms with Gasteiger partial charge in [-0.1, -0.05) is 6.07 Å². The van der Waals surface area contributed by atoms with E-state index < -0.39 is 0 Å². The topological polar surface area (TPSA) is 48.0 Å². The normalized spacial score (nSPS) is 15.2. The zero-order valence-corrected chi connectivity index (χ0v) is 14.5. The van der Waals surface area contributed by atoms with Crippen LogP contribution in [0.25, 0.3) is 10.4 Å². The number of carbonyl (C=O) groups is 1. The van der Waals surface area contributed by atoms with Gasteiger partial charge in [0, 0.05) is 24.5 Å². The summed E-state index contributed by atoms with van der Waals surface area (Å²) in [5.74, 6) is 1.10. The van der Waals surface area contributed by atoms with Crippen LogP contribution >= 0.6 is 11.3 Å². The first-order chi connectivity index (χ1) is 11.8. The molecule has 0 atom stereocenters. The Morgan fingerprint density at radius 1 is 1.33 bits per heavy atom. The second-order valence-electron chi connectivity index (χ2n) is 5.49. The van der Waals surface area contributed by atoms with Crippen molar-refractivity contribution in [2.75, 3.05) is 46.6 Å². The van der Waals surface area contributed by atoms with Gasteiger partial charge in [-0.3, -0.25) is 9.69 Å². The highest BCUT2D eigenvalue weighted by atomic mass is 32.1. The third-order valence-electron chi connectivity index (χ3n) is 3.99. The molecule has 1 fully saturated rings. The van der Waals surface area contributed by atoms with E-state index in [0.29, 0.717) is 23.7 Å². The summed E-state index contributed by atoms with van der Waals surface area (Å²) in [6.45, 7) is 4.67. The molecule has 1 aliphatic rings. The van der Waals surface area contributed by atoms with E-state index in [1.807, 2.05) is 29.6 Å². The first kappa shape index (κ1) is 17.0. The molecule has 128 valence electrons. The van der Waals surface area contributed by atoms with E-state index in [2.05, 4.69) is 4.90 Å². The SMILES string of the molecule is COc1cc(-c2cccs2)cc(C=O)c1OCCN1CCOCC1. The Morgan fingerprint density at radius 2 is 2.17 bits per heavy atom. The van der Waals surface area contributed by atoms with Crippen LogP contribution in [0.3, 0.4) is 0 Å². The molecule has 0 spiro atoms. The first-order valence-electron chi connectivity index (χ1n) is 7.96. The fourth-order valence-electron chi connectivity index (χ4n) is 2.70. The highest BCUT2D eigenvalue weighted by Gasteiger charge is 2.16. The smallest absolute Gasteiger partial charge is 0.171 e. The van der Waals surface area contributed by atoms with Crippen molar-refractivity contribution in [1.29, 1.82) is 0 Å². The summed E-state index contributed by atoms with van der Waals surface area (Å²) in [6, 6.07) is 7.78. The van der Waals surface area contributed by atoms with E-state index in [0.717, 1.165) is 49.6 Å². The molecule has 0 N–H and O–H groups in total. The molecule has 6 heteroatoms. The summed E-state index contributed by atoms with van der Waals surface area (Å²) in [4.78, 5) is 14.9. The monoisotopic (exact) mass is 347 g/mol. The molecule has 0 bridgehead atoms. The number of ether oxygens (including phenoxy) is 3. The highest BCUT2D eigenvalue weighted by Crippen LogP contribution is 2.37. The van der Waals surface area contributed by atoms with E-state index >= 15 is 0 Å². The van der Waals surface area contributed by atoms with Crippen molar-refractivity contribution in [3.63, 3.8) is 0 Å². The fraction of sp³-hybridized carbons (Fsp3) is 0.389. The molecule has 1 aromatic carbocycles. The Kier molecular flexibility index (Phi) is 5.85. The number of methoxy groups -OCH3 is 1. The van der Waals surface area contributed by atoms with Crippen molar-refractivity contribution in [3.8, 4) is 21.9 Å². The minimum absolute atomic E-state index is 0.509. The van der Waals surface area contributed by atoms with Gasteiger partial charge in [-0.25, -0.2) is 0 Å². The minimum Gasteiger partial charge on any atom is -0.493 e. The van der Waals surface area contributed by atoms with E-state index in [4.69, 9.17) is 14.2 Å². The van der Waals surface area contributed by atoms with Crippen LogP contribution in [-0.4, -0.2) is 57.8 Å². The molecule has 1 aromatic heterocycles. The van der Waals surface area contributed by atoms with Crippen molar-refractivity contribution >= 4 is 17.6 Å². The molecule has 0 unspecified atom stereocenters. The van der Waals surface area contributed by atoms with Gasteiger partial charge in [0.25, 0.3) is 0 Å². The van der Waals surface area contributed by atoms with Gasteiger partial charge in [-0.05, 0) is 29.1 Å². The van der Waals surface area contributed by atoms with Gasteiger partial charge in [-0.15, -0.1) is 11.3 Å². The minimum atomic E-state index is 0.509. The second-order valence-corrected chi connectivity index (χ2v) is 6.44. The standard InChI is InChI=1S/C18H21NO4S/c1-21-16-12-14(17-3-2-10-24-17)11-15(13-20)18(16)23-9-6-19-4-7-22-8-5-19/h2-3,10-13H,4-9H2,1H3. The largest absolute Gasteiger partial charge is 0.493 e. The van der Waals surface area contributed by atoms with Gasteiger partial charge in [0.05, 0.1) is 25.9 Å². The molecular formula is C18H21NO4S. The third-order valence-corrected chi connectivity index (χ3v) is 4.91. The number of hydrogen-bond donors (Lipinski definition) is 0. The number of carbonyl (C=O) groups excluding carboxylic acids is 1. The predicted molar refractivity (Wildman–Crippen MR) is 94.4 cm³/mol. The van der Waals surface area contributed by atoms with E-state index in [1.165, 1.54) is 0 Å². The first-order valence-corrected chi connectivity index (χ1v) is 8.84. The molecule has 1 saturated heterocycles. The summed E-state index contributed by atoms with van der Waals surface area (Å²) in [5, 5.41) is 2.01. The van der Waals surface area contributed by atoms with Gasteiger partial charge in [0.15, 0.2) is 17.8 Å². The Bertz CT molecular complexity index is 666. The number of thiophene rings is 1. The van der Waals surface area contributed by atoms with Crippen LogP contribution in [0, 0.1) is 0 Å². The van der Waals surface area contributed by atoms with Crippen LogP contribution in [0.2, 0.25) is 0 Å².